The lowest BCUT2D eigenvalue weighted by Gasteiger charge is -2.24. The molecule has 0 bridgehead atoms. The van der Waals surface area contributed by atoms with Gasteiger partial charge >= 0.3 is 0 Å². The number of benzene rings is 1. The number of nitrogens with one attached hydrogen (secondary N) is 2. The molecule has 2 N–H and O–H groups in total. The summed E-state index contributed by atoms with van der Waals surface area (Å²) >= 11 is 0. The van der Waals surface area contributed by atoms with Gasteiger partial charge in [-0.05, 0) is 39.3 Å². The first-order chi connectivity index (χ1) is 12.6. The van der Waals surface area contributed by atoms with Gasteiger partial charge in [-0.25, -0.2) is 8.42 Å². The van der Waals surface area contributed by atoms with Crippen LogP contribution < -0.4 is 15.4 Å². The topological polar surface area (TPSA) is 89.0 Å². The second kappa shape index (κ2) is 10.5. The lowest BCUT2D eigenvalue weighted by molar-refractivity contribution is 0.110. The second-order valence-corrected chi connectivity index (χ2v) is 9.62. The van der Waals surface area contributed by atoms with E-state index in [1.165, 1.54) is 6.26 Å². The molecule has 0 radical (unpaired) electrons. The molecule has 1 rings (SSSR count). The van der Waals surface area contributed by atoms with Crippen molar-refractivity contribution in [1.29, 1.82) is 0 Å². The molecule has 0 unspecified atom stereocenters. The predicted molar refractivity (Wildman–Crippen MR) is 110 cm³/mol. The first-order valence-electron chi connectivity index (χ1n) is 9.05. The van der Waals surface area contributed by atoms with Crippen LogP contribution in [0, 0.1) is 6.92 Å². The third-order valence-corrected chi connectivity index (χ3v) is 6.42. The number of guanidine groups is 1. The lowest BCUT2D eigenvalue weighted by atomic mass is 10.1. The standard InChI is InChI=1S/C19H33N3O4S/c1-7-25-10-11-26-17-12-15(2)8-9-16(17)13-21-18(20-5)22-14-19(3,4)27(6,23)24/h8-9,12H,7,10-11,13-14H2,1-6H3,(H2,20,21,22). The van der Waals surface area contributed by atoms with Gasteiger partial charge in [0, 0.05) is 38.6 Å². The lowest BCUT2D eigenvalue weighted by Crippen LogP contribution is -2.47. The molecule has 0 atom stereocenters. The molecule has 1 aromatic carbocycles. The van der Waals surface area contributed by atoms with Crippen LogP contribution in [-0.4, -0.2) is 58.8 Å². The maximum atomic E-state index is 11.8. The van der Waals surface area contributed by atoms with Gasteiger partial charge in [-0.2, -0.15) is 0 Å². The summed E-state index contributed by atoms with van der Waals surface area (Å²) in [7, 11) is -1.53. The van der Waals surface area contributed by atoms with Gasteiger partial charge in [0.2, 0.25) is 0 Å². The Morgan fingerprint density at radius 3 is 2.52 bits per heavy atom. The second-order valence-electron chi connectivity index (χ2n) is 6.97. The van der Waals surface area contributed by atoms with Crippen LogP contribution in [0.3, 0.4) is 0 Å². The van der Waals surface area contributed by atoms with Crippen molar-refractivity contribution < 1.29 is 17.9 Å². The molecular formula is C19H33N3O4S. The number of nitrogens with zero attached hydrogens (tertiary/aromatic N) is 1. The molecule has 0 heterocycles. The summed E-state index contributed by atoms with van der Waals surface area (Å²) in [6, 6.07) is 6.02. The number of hydrogen-bond acceptors (Lipinski definition) is 5. The van der Waals surface area contributed by atoms with Crippen LogP contribution in [0.4, 0.5) is 0 Å². The van der Waals surface area contributed by atoms with E-state index in [0.29, 0.717) is 32.3 Å². The molecule has 0 aliphatic carbocycles. The average molecular weight is 400 g/mol. The van der Waals surface area contributed by atoms with Gasteiger partial charge in [-0.3, -0.25) is 4.99 Å². The summed E-state index contributed by atoms with van der Waals surface area (Å²) in [6.45, 7) is 9.80. The van der Waals surface area contributed by atoms with Crippen molar-refractivity contribution in [3.05, 3.63) is 29.3 Å². The molecule has 0 saturated carbocycles. The minimum absolute atomic E-state index is 0.261. The third kappa shape index (κ3) is 7.76. The van der Waals surface area contributed by atoms with E-state index in [1.54, 1.807) is 20.9 Å². The third-order valence-electron chi connectivity index (χ3n) is 4.27. The van der Waals surface area contributed by atoms with Gasteiger partial charge in [0.15, 0.2) is 15.8 Å². The van der Waals surface area contributed by atoms with Gasteiger partial charge in [0.1, 0.15) is 12.4 Å². The first-order valence-corrected chi connectivity index (χ1v) is 10.9. The van der Waals surface area contributed by atoms with E-state index in [0.717, 1.165) is 16.9 Å². The fraction of sp³-hybridized carbons (Fsp3) is 0.632. The molecule has 0 aliphatic heterocycles. The maximum Gasteiger partial charge on any atom is 0.191 e. The molecule has 0 fully saturated rings. The van der Waals surface area contributed by atoms with Crippen LogP contribution in [0.25, 0.3) is 0 Å². The summed E-state index contributed by atoms with van der Waals surface area (Å²) in [6.07, 6.45) is 1.24. The van der Waals surface area contributed by atoms with E-state index in [4.69, 9.17) is 9.47 Å². The van der Waals surface area contributed by atoms with E-state index in [1.807, 2.05) is 32.0 Å². The van der Waals surface area contributed by atoms with Crippen LogP contribution in [0.15, 0.2) is 23.2 Å². The molecule has 0 amide bonds. The minimum atomic E-state index is -3.18. The van der Waals surface area contributed by atoms with Crippen LogP contribution in [0.1, 0.15) is 31.9 Å². The van der Waals surface area contributed by atoms with Crippen molar-refractivity contribution >= 4 is 15.8 Å². The monoisotopic (exact) mass is 399 g/mol. The Balaban J connectivity index is 2.69. The van der Waals surface area contributed by atoms with Crippen molar-refractivity contribution in [3.8, 4) is 5.75 Å². The first kappa shape index (κ1) is 23.2. The van der Waals surface area contributed by atoms with E-state index >= 15 is 0 Å². The highest BCUT2D eigenvalue weighted by Gasteiger charge is 2.30. The Morgan fingerprint density at radius 2 is 1.93 bits per heavy atom. The van der Waals surface area contributed by atoms with Crippen molar-refractivity contribution in [2.45, 2.75) is 39.0 Å². The number of sulfone groups is 1. The van der Waals surface area contributed by atoms with Crippen molar-refractivity contribution in [1.82, 2.24) is 10.6 Å². The number of aliphatic imine (C=N–C) groups is 1. The van der Waals surface area contributed by atoms with E-state index in [2.05, 4.69) is 15.6 Å². The highest BCUT2D eigenvalue weighted by atomic mass is 32.2. The predicted octanol–water partition coefficient (Wildman–Crippen LogP) is 1.90. The summed E-state index contributed by atoms with van der Waals surface area (Å²) < 4.78 is 33.9. The van der Waals surface area contributed by atoms with Gasteiger partial charge in [0.25, 0.3) is 0 Å². The summed E-state index contributed by atoms with van der Waals surface area (Å²) in [5, 5.41) is 6.28. The Hall–Kier alpha value is -1.80. The summed E-state index contributed by atoms with van der Waals surface area (Å²) in [5.74, 6) is 1.33. The molecule has 0 saturated heterocycles. The van der Waals surface area contributed by atoms with Crippen LogP contribution in [0.2, 0.25) is 0 Å². The highest BCUT2D eigenvalue weighted by molar-refractivity contribution is 7.92. The Bertz CT molecular complexity index is 730. The minimum Gasteiger partial charge on any atom is -0.491 e. The van der Waals surface area contributed by atoms with Crippen LogP contribution in [0.5, 0.6) is 5.75 Å². The van der Waals surface area contributed by atoms with Crippen molar-refractivity contribution in [2.24, 2.45) is 4.99 Å². The highest BCUT2D eigenvalue weighted by Crippen LogP contribution is 2.20. The Labute approximate surface area is 163 Å². The zero-order valence-electron chi connectivity index (χ0n) is 17.3. The smallest absolute Gasteiger partial charge is 0.191 e. The van der Waals surface area contributed by atoms with Crippen molar-refractivity contribution in [3.63, 3.8) is 0 Å². The van der Waals surface area contributed by atoms with Crippen LogP contribution in [-0.2, 0) is 21.1 Å². The van der Waals surface area contributed by atoms with Crippen molar-refractivity contribution in [2.75, 3.05) is 39.7 Å². The van der Waals surface area contributed by atoms with Gasteiger partial charge in [-0.1, -0.05) is 12.1 Å². The number of aryl methyl sites for hydroxylation is 1. The quantitative estimate of drug-likeness (QED) is 0.355. The van der Waals surface area contributed by atoms with E-state index < -0.39 is 14.6 Å². The number of hydrogen-bond donors (Lipinski definition) is 2. The zero-order chi connectivity index (χ0) is 20.5. The normalized spacial score (nSPS) is 12.7. The SMILES string of the molecule is CCOCCOc1cc(C)ccc1CNC(=NC)NCC(C)(C)S(C)(=O)=O. The molecule has 7 nitrogen and oxygen atoms in total. The van der Waals surface area contributed by atoms with Gasteiger partial charge < -0.3 is 20.1 Å². The molecule has 1 aromatic rings. The molecule has 154 valence electrons. The fourth-order valence-corrected chi connectivity index (χ4v) is 2.46. The molecular weight excluding hydrogens is 366 g/mol. The summed E-state index contributed by atoms with van der Waals surface area (Å²) in [4.78, 5) is 4.16. The van der Waals surface area contributed by atoms with Gasteiger partial charge in [0.05, 0.1) is 11.4 Å². The van der Waals surface area contributed by atoms with E-state index in [9.17, 15) is 8.42 Å². The number of ether oxygens (including phenoxy) is 2. The molecule has 8 heteroatoms. The largest absolute Gasteiger partial charge is 0.491 e. The van der Waals surface area contributed by atoms with E-state index in [-0.39, 0.29) is 6.54 Å². The van der Waals surface area contributed by atoms with Gasteiger partial charge in [-0.15, -0.1) is 0 Å². The fourth-order valence-electron chi connectivity index (χ4n) is 2.12. The zero-order valence-corrected chi connectivity index (χ0v) is 18.1. The Morgan fingerprint density at radius 1 is 1.22 bits per heavy atom. The molecule has 0 spiro atoms. The maximum absolute atomic E-state index is 11.8. The molecule has 0 aliphatic rings. The Kier molecular flexibility index (Phi) is 9.05. The molecule has 0 aromatic heterocycles. The molecule has 27 heavy (non-hydrogen) atoms. The summed E-state index contributed by atoms with van der Waals surface area (Å²) in [5.41, 5.74) is 2.10. The van der Waals surface area contributed by atoms with Crippen LogP contribution >= 0.6 is 0 Å². The number of rotatable bonds is 10. The average Bonchev–Trinajstić information content (AvgIpc) is 2.59.